The number of ether oxygens (including phenoxy) is 2. The fourth-order valence-corrected chi connectivity index (χ4v) is 7.88. The van der Waals surface area contributed by atoms with E-state index in [4.69, 9.17) is 21.1 Å². The summed E-state index contributed by atoms with van der Waals surface area (Å²) < 4.78 is 11.7. The van der Waals surface area contributed by atoms with Gasteiger partial charge in [-0.3, -0.25) is 0 Å². The molecule has 0 radical (unpaired) electrons. The summed E-state index contributed by atoms with van der Waals surface area (Å²) in [5.74, 6) is 2.45. The molecule has 0 amide bonds. The minimum absolute atomic E-state index is 0.303. The van der Waals surface area contributed by atoms with Crippen molar-refractivity contribution in [1.29, 1.82) is 0 Å². The molecule has 4 fully saturated rings. The zero-order valence-electron chi connectivity index (χ0n) is 19.0. The van der Waals surface area contributed by atoms with Crippen molar-refractivity contribution < 1.29 is 9.47 Å². The van der Waals surface area contributed by atoms with Gasteiger partial charge in [0, 0.05) is 17.1 Å². The molecule has 2 aromatic carbocycles. The molecule has 4 aliphatic rings. The first-order valence-corrected chi connectivity index (χ1v) is 11.9. The first kappa shape index (κ1) is 21.2. The first-order valence-electron chi connectivity index (χ1n) is 11.6. The molecule has 0 heterocycles. The lowest BCUT2D eigenvalue weighted by Crippen LogP contribution is -2.63. The van der Waals surface area contributed by atoms with E-state index in [1.807, 2.05) is 30.3 Å². The van der Waals surface area contributed by atoms with E-state index in [1.165, 1.54) is 44.1 Å². The van der Waals surface area contributed by atoms with E-state index in [0.717, 1.165) is 34.5 Å². The zero-order chi connectivity index (χ0) is 21.7. The van der Waals surface area contributed by atoms with Crippen LogP contribution in [-0.4, -0.2) is 12.6 Å². The highest BCUT2D eigenvalue weighted by molar-refractivity contribution is 6.30. The molecule has 0 saturated heterocycles. The van der Waals surface area contributed by atoms with Crippen molar-refractivity contribution in [2.24, 2.45) is 16.7 Å². The average Bonchev–Trinajstić information content (AvgIpc) is 2.68. The van der Waals surface area contributed by atoms with E-state index in [2.05, 4.69) is 31.3 Å². The first-order chi connectivity index (χ1) is 14.8. The minimum atomic E-state index is 0.303. The molecule has 1 N–H and O–H groups in total. The summed E-state index contributed by atoms with van der Waals surface area (Å²) in [5.41, 5.74) is 3.65. The molecule has 2 unspecified atom stereocenters. The van der Waals surface area contributed by atoms with E-state index in [9.17, 15) is 0 Å². The standard InChI is InChI=1S/C27H34ClNO2/c1-25-11-21-12-26(2,16-25)18-27(13-21,17-25)29-14-19-7-8-23(24(10-19)30-3)31-15-20-5-4-6-22(28)9-20/h4-10,21,29H,11-18H2,1-3H3. The summed E-state index contributed by atoms with van der Waals surface area (Å²) in [7, 11) is 1.71. The summed E-state index contributed by atoms with van der Waals surface area (Å²) in [6, 6.07) is 14.1. The third kappa shape index (κ3) is 4.32. The van der Waals surface area contributed by atoms with Crippen LogP contribution in [0.4, 0.5) is 0 Å². The summed E-state index contributed by atoms with van der Waals surface area (Å²) >= 11 is 6.08. The molecule has 166 valence electrons. The van der Waals surface area contributed by atoms with Crippen LogP contribution in [0.5, 0.6) is 11.5 Å². The smallest absolute Gasteiger partial charge is 0.161 e. The number of benzene rings is 2. The molecule has 3 nitrogen and oxygen atoms in total. The second kappa shape index (κ2) is 7.71. The monoisotopic (exact) mass is 439 g/mol. The highest BCUT2D eigenvalue weighted by atomic mass is 35.5. The van der Waals surface area contributed by atoms with Crippen LogP contribution in [-0.2, 0) is 13.2 Å². The predicted octanol–water partition coefficient (Wildman–Crippen LogP) is 6.77. The molecule has 0 aliphatic heterocycles. The zero-order valence-corrected chi connectivity index (χ0v) is 19.7. The maximum atomic E-state index is 6.08. The third-order valence-corrected chi connectivity index (χ3v) is 8.04. The van der Waals surface area contributed by atoms with Crippen molar-refractivity contribution in [3.63, 3.8) is 0 Å². The van der Waals surface area contributed by atoms with E-state index >= 15 is 0 Å². The van der Waals surface area contributed by atoms with Gasteiger partial charge in [-0.1, -0.05) is 43.6 Å². The largest absolute Gasteiger partial charge is 0.493 e. The average molecular weight is 440 g/mol. The van der Waals surface area contributed by atoms with Gasteiger partial charge < -0.3 is 14.8 Å². The van der Waals surface area contributed by atoms with Gasteiger partial charge in [0.1, 0.15) is 6.61 Å². The SMILES string of the molecule is COc1cc(CNC23CC4CC(C)(CC(C)(C4)C2)C3)ccc1OCc1cccc(Cl)c1. The third-order valence-electron chi connectivity index (χ3n) is 7.81. The van der Waals surface area contributed by atoms with Crippen LogP contribution in [0.2, 0.25) is 5.02 Å². The highest BCUT2D eigenvalue weighted by Gasteiger charge is 2.59. The van der Waals surface area contributed by atoms with Gasteiger partial charge >= 0.3 is 0 Å². The molecule has 0 aromatic heterocycles. The van der Waals surface area contributed by atoms with E-state index in [1.54, 1.807) is 7.11 Å². The van der Waals surface area contributed by atoms with Crippen LogP contribution in [0.15, 0.2) is 42.5 Å². The number of halogens is 1. The van der Waals surface area contributed by atoms with Gasteiger partial charge in [-0.25, -0.2) is 0 Å². The topological polar surface area (TPSA) is 30.5 Å². The van der Waals surface area contributed by atoms with E-state index < -0.39 is 0 Å². The summed E-state index contributed by atoms with van der Waals surface area (Å²) in [5, 5.41) is 4.74. The van der Waals surface area contributed by atoms with Crippen molar-refractivity contribution >= 4 is 11.6 Å². The van der Waals surface area contributed by atoms with Crippen molar-refractivity contribution in [1.82, 2.24) is 5.32 Å². The Morgan fingerprint density at radius 2 is 1.71 bits per heavy atom. The number of methoxy groups -OCH3 is 1. The Balaban J connectivity index is 1.26. The lowest BCUT2D eigenvalue weighted by molar-refractivity contribution is -0.118. The molecule has 6 rings (SSSR count). The van der Waals surface area contributed by atoms with Crippen molar-refractivity contribution in [2.45, 2.75) is 71.1 Å². The predicted molar refractivity (Wildman–Crippen MR) is 126 cm³/mol. The van der Waals surface area contributed by atoms with E-state index in [-0.39, 0.29) is 0 Å². The van der Waals surface area contributed by atoms with Gasteiger partial charge in [-0.05, 0) is 90.7 Å². The van der Waals surface area contributed by atoms with Crippen LogP contribution < -0.4 is 14.8 Å². The van der Waals surface area contributed by atoms with Crippen molar-refractivity contribution in [3.8, 4) is 11.5 Å². The minimum Gasteiger partial charge on any atom is -0.493 e. The number of nitrogens with one attached hydrogen (secondary N) is 1. The molecule has 0 spiro atoms. The number of hydrogen-bond acceptors (Lipinski definition) is 3. The molecular weight excluding hydrogens is 406 g/mol. The number of hydrogen-bond donors (Lipinski definition) is 1. The second-order valence-electron chi connectivity index (χ2n) is 11.2. The molecular formula is C27H34ClNO2. The Hall–Kier alpha value is -1.71. The van der Waals surface area contributed by atoms with Crippen LogP contribution in [0.1, 0.15) is 63.5 Å². The highest BCUT2D eigenvalue weighted by Crippen LogP contribution is 2.66. The maximum absolute atomic E-state index is 6.08. The van der Waals surface area contributed by atoms with Gasteiger partial charge in [0.05, 0.1) is 7.11 Å². The van der Waals surface area contributed by atoms with Gasteiger partial charge in [0.25, 0.3) is 0 Å². The van der Waals surface area contributed by atoms with Crippen LogP contribution in [0.25, 0.3) is 0 Å². The summed E-state index contributed by atoms with van der Waals surface area (Å²) in [4.78, 5) is 0. The second-order valence-corrected chi connectivity index (χ2v) is 11.6. The van der Waals surface area contributed by atoms with Crippen LogP contribution in [0, 0.1) is 16.7 Å². The van der Waals surface area contributed by atoms with Gasteiger partial charge in [-0.15, -0.1) is 0 Å². The molecule has 31 heavy (non-hydrogen) atoms. The maximum Gasteiger partial charge on any atom is 0.161 e. The Bertz CT molecular complexity index is 955. The Kier molecular flexibility index (Phi) is 5.26. The van der Waals surface area contributed by atoms with Gasteiger partial charge in [-0.2, -0.15) is 0 Å². The van der Waals surface area contributed by atoms with E-state index in [0.29, 0.717) is 23.0 Å². The Morgan fingerprint density at radius 1 is 0.935 bits per heavy atom. The summed E-state index contributed by atoms with van der Waals surface area (Å²) in [6.45, 7) is 6.41. The molecule has 2 atom stereocenters. The Morgan fingerprint density at radius 3 is 2.39 bits per heavy atom. The fourth-order valence-electron chi connectivity index (χ4n) is 7.66. The lowest BCUT2D eigenvalue weighted by atomic mass is 9.43. The van der Waals surface area contributed by atoms with Crippen molar-refractivity contribution in [2.75, 3.05) is 7.11 Å². The van der Waals surface area contributed by atoms with Gasteiger partial charge in [0.2, 0.25) is 0 Å². The van der Waals surface area contributed by atoms with Crippen LogP contribution in [0.3, 0.4) is 0 Å². The number of rotatable bonds is 7. The quantitative estimate of drug-likeness (QED) is 0.516. The molecule has 4 saturated carbocycles. The Labute approximate surface area is 191 Å². The molecule has 4 heteroatoms. The van der Waals surface area contributed by atoms with Gasteiger partial charge in [0.15, 0.2) is 11.5 Å². The summed E-state index contributed by atoms with van der Waals surface area (Å²) in [6.07, 6.45) is 8.26. The molecule has 2 aromatic rings. The fraction of sp³-hybridized carbons (Fsp3) is 0.556. The van der Waals surface area contributed by atoms with Crippen LogP contribution >= 0.6 is 11.6 Å². The molecule has 4 bridgehead atoms. The van der Waals surface area contributed by atoms with Crippen molar-refractivity contribution in [3.05, 3.63) is 58.6 Å². The normalized spacial score (nSPS) is 33.5. The molecule has 4 aliphatic carbocycles. The lowest BCUT2D eigenvalue weighted by Gasteiger charge is -2.65.